The fourth-order valence-electron chi connectivity index (χ4n) is 2.65. The van der Waals surface area contributed by atoms with Crippen molar-refractivity contribution in [1.82, 2.24) is 4.98 Å². The molecule has 100 valence electrons. The molecule has 3 aromatic carbocycles. The van der Waals surface area contributed by atoms with Crippen LogP contribution in [0.3, 0.4) is 0 Å². The predicted molar refractivity (Wildman–Crippen MR) is 92.7 cm³/mol. The molecular weight excluding hydrogens is 274 g/mol. The highest BCUT2D eigenvalue weighted by Gasteiger charge is 2.10. The average Bonchev–Trinajstić information content (AvgIpc) is 2.99. The van der Waals surface area contributed by atoms with Gasteiger partial charge in [0.25, 0.3) is 0 Å². The molecule has 0 bridgehead atoms. The van der Waals surface area contributed by atoms with E-state index in [0.29, 0.717) is 0 Å². The monoisotopic (exact) mass is 287 g/mol. The zero-order valence-corrected chi connectivity index (χ0v) is 12.2. The number of fused-ring (bicyclic) bond motifs is 3. The summed E-state index contributed by atoms with van der Waals surface area (Å²) in [6.07, 6.45) is 1.89. The van der Waals surface area contributed by atoms with Gasteiger partial charge in [0.15, 0.2) is 0 Å². The summed E-state index contributed by atoms with van der Waals surface area (Å²) in [4.78, 5) is 4.89. The first-order valence-corrected chi connectivity index (χ1v) is 7.68. The predicted octanol–water partition coefficient (Wildman–Crippen LogP) is 5.76. The molecule has 0 aliphatic carbocycles. The number of rotatable bonds is 2. The molecule has 21 heavy (non-hydrogen) atoms. The van der Waals surface area contributed by atoms with E-state index in [2.05, 4.69) is 55.1 Å². The maximum absolute atomic E-state index is 4.89. The third-order valence-corrected chi connectivity index (χ3v) is 4.75. The number of benzene rings is 3. The Morgan fingerprint density at radius 3 is 2.62 bits per heavy atom. The lowest BCUT2D eigenvalue weighted by Gasteiger charge is -2.00. The summed E-state index contributed by atoms with van der Waals surface area (Å²) >= 11 is 1.74. The van der Waals surface area contributed by atoms with E-state index >= 15 is 0 Å². The van der Waals surface area contributed by atoms with Crippen LogP contribution in [0, 0.1) is 0 Å². The van der Waals surface area contributed by atoms with Crippen LogP contribution >= 0.6 is 11.3 Å². The second-order valence-corrected chi connectivity index (χ2v) is 5.97. The number of hydrogen-bond acceptors (Lipinski definition) is 2. The summed E-state index contributed by atoms with van der Waals surface area (Å²) < 4.78 is 1.22. The zero-order chi connectivity index (χ0) is 14.2. The summed E-state index contributed by atoms with van der Waals surface area (Å²) in [7, 11) is 0. The first-order chi connectivity index (χ1) is 10.4. The molecule has 0 atom stereocenters. The fraction of sp³-hybridized carbons (Fsp3) is 0. The SMILES string of the molecule is C=Cc1ccccc1-c1nc2c(ccc3ccccc32)s1. The highest BCUT2D eigenvalue weighted by molar-refractivity contribution is 7.21. The summed E-state index contributed by atoms with van der Waals surface area (Å²) in [5.74, 6) is 0. The van der Waals surface area contributed by atoms with Gasteiger partial charge in [-0.05, 0) is 17.0 Å². The molecule has 0 N–H and O–H groups in total. The Hall–Kier alpha value is -2.45. The van der Waals surface area contributed by atoms with Gasteiger partial charge in [-0.2, -0.15) is 0 Å². The quantitative estimate of drug-likeness (QED) is 0.457. The van der Waals surface area contributed by atoms with Crippen LogP contribution in [-0.4, -0.2) is 4.98 Å². The highest BCUT2D eigenvalue weighted by atomic mass is 32.1. The highest BCUT2D eigenvalue weighted by Crippen LogP contribution is 2.35. The van der Waals surface area contributed by atoms with Gasteiger partial charge in [-0.25, -0.2) is 4.98 Å². The maximum atomic E-state index is 4.89. The van der Waals surface area contributed by atoms with Gasteiger partial charge in [0.05, 0.1) is 10.2 Å². The van der Waals surface area contributed by atoms with E-state index in [4.69, 9.17) is 4.98 Å². The second kappa shape index (κ2) is 4.83. The summed E-state index contributed by atoms with van der Waals surface area (Å²) in [6, 6.07) is 21.0. The normalized spacial score (nSPS) is 11.0. The molecule has 1 aromatic heterocycles. The van der Waals surface area contributed by atoms with Crippen LogP contribution < -0.4 is 0 Å². The molecule has 0 radical (unpaired) electrons. The van der Waals surface area contributed by atoms with Crippen LogP contribution in [0.5, 0.6) is 0 Å². The standard InChI is InChI=1S/C19H13NS/c1-2-13-7-3-6-10-16(13)19-20-18-15-9-5-4-8-14(15)11-12-17(18)21-19/h2-12H,1H2. The Labute approximate surface area is 127 Å². The van der Waals surface area contributed by atoms with Crippen LogP contribution in [0.2, 0.25) is 0 Å². The minimum Gasteiger partial charge on any atom is -0.235 e. The molecule has 0 aliphatic heterocycles. The van der Waals surface area contributed by atoms with Crippen molar-refractivity contribution in [3.63, 3.8) is 0 Å². The molecule has 2 heteroatoms. The zero-order valence-electron chi connectivity index (χ0n) is 11.4. The van der Waals surface area contributed by atoms with Gasteiger partial charge < -0.3 is 0 Å². The van der Waals surface area contributed by atoms with E-state index in [9.17, 15) is 0 Å². The van der Waals surface area contributed by atoms with E-state index in [1.807, 2.05) is 18.2 Å². The molecule has 0 saturated carbocycles. The third-order valence-electron chi connectivity index (χ3n) is 3.69. The van der Waals surface area contributed by atoms with Gasteiger partial charge in [0.1, 0.15) is 5.01 Å². The second-order valence-electron chi connectivity index (χ2n) is 4.94. The van der Waals surface area contributed by atoms with Gasteiger partial charge in [-0.1, -0.05) is 67.3 Å². The topological polar surface area (TPSA) is 12.9 Å². The summed E-state index contributed by atoms with van der Waals surface area (Å²) in [5, 5.41) is 3.50. The molecule has 0 fully saturated rings. The van der Waals surface area contributed by atoms with E-state index < -0.39 is 0 Å². The molecule has 4 aromatic rings. The smallest absolute Gasteiger partial charge is 0.125 e. The van der Waals surface area contributed by atoms with Crippen molar-refractivity contribution in [2.45, 2.75) is 0 Å². The molecule has 0 spiro atoms. The fourth-order valence-corrected chi connectivity index (χ4v) is 3.68. The van der Waals surface area contributed by atoms with Gasteiger partial charge >= 0.3 is 0 Å². The Morgan fingerprint density at radius 2 is 1.71 bits per heavy atom. The summed E-state index contributed by atoms with van der Waals surface area (Å²) in [6.45, 7) is 3.90. The molecule has 0 saturated heterocycles. The Kier molecular flexibility index (Phi) is 2.83. The molecule has 4 rings (SSSR count). The average molecular weight is 287 g/mol. The Morgan fingerprint density at radius 1 is 0.905 bits per heavy atom. The minimum absolute atomic E-state index is 1.05. The lowest BCUT2D eigenvalue weighted by Crippen LogP contribution is -1.81. The first kappa shape index (κ1) is 12.3. The molecule has 0 amide bonds. The van der Waals surface area contributed by atoms with E-state index in [0.717, 1.165) is 21.7 Å². The van der Waals surface area contributed by atoms with Crippen molar-refractivity contribution in [2.24, 2.45) is 0 Å². The Bertz CT molecular complexity index is 966. The third kappa shape index (κ3) is 1.96. The van der Waals surface area contributed by atoms with Crippen molar-refractivity contribution in [2.75, 3.05) is 0 Å². The van der Waals surface area contributed by atoms with Gasteiger partial charge in [0.2, 0.25) is 0 Å². The number of thiazole rings is 1. The molecule has 1 heterocycles. The van der Waals surface area contributed by atoms with Crippen LogP contribution in [0.25, 0.3) is 37.6 Å². The van der Waals surface area contributed by atoms with Crippen LogP contribution in [0.1, 0.15) is 5.56 Å². The van der Waals surface area contributed by atoms with E-state index in [1.165, 1.54) is 15.5 Å². The van der Waals surface area contributed by atoms with Gasteiger partial charge in [0, 0.05) is 10.9 Å². The van der Waals surface area contributed by atoms with E-state index in [1.54, 1.807) is 11.3 Å². The van der Waals surface area contributed by atoms with E-state index in [-0.39, 0.29) is 0 Å². The molecule has 0 aliphatic rings. The molecular formula is C19H13NS. The minimum atomic E-state index is 1.05. The van der Waals surface area contributed by atoms with Crippen molar-refractivity contribution >= 4 is 38.4 Å². The van der Waals surface area contributed by atoms with Gasteiger partial charge in [-0.15, -0.1) is 11.3 Å². The number of hydrogen-bond donors (Lipinski definition) is 0. The van der Waals surface area contributed by atoms with Crippen LogP contribution in [0.4, 0.5) is 0 Å². The lowest BCUT2D eigenvalue weighted by atomic mass is 10.1. The van der Waals surface area contributed by atoms with Crippen molar-refractivity contribution in [1.29, 1.82) is 0 Å². The maximum Gasteiger partial charge on any atom is 0.125 e. The largest absolute Gasteiger partial charge is 0.235 e. The lowest BCUT2D eigenvalue weighted by molar-refractivity contribution is 1.48. The van der Waals surface area contributed by atoms with Crippen molar-refractivity contribution in [3.05, 3.63) is 72.8 Å². The summed E-state index contributed by atoms with van der Waals surface area (Å²) in [5.41, 5.74) is 3.37. The number of nitrogens with zero attached hydrogens (tertiary/aromatic N) is 1. The van der Waals surface area contributed by atoms with Crippen molar-refractivity contribution < 1.29 is 0 Å². The molecule has 1 nitrogen and oxygen atoms in total. The van der Waals surface area contributed by atoms with Gasteiger partial charge in [-0.3, -0.25) is 0 Å². The van der Waals surface area contributed by atoms with Crippen molar-refractivity contribution in [3.8, 4) is 10.6 Å². The first-order valence-electron chi connectivity index (χ1n) is 6.87. The molecule has 0 unspecified atom stereocenters. The van der Waals surface area contributed by atoms with Crippen LogP contribution in [-0.2, 0) is 0 Å². The Balaban J connectivity index is 2.03. The number of aromatic nitrogens is 1. The van der Waals surface area contributed by atoms with Crippen LogP contribution in [0.15, 0.2) is 67.2 Å².